The van der Waals surface area contributed by atoms with E-state index in [0.717, 1.165) is 18.4 Å². The highest BCUT2D eigenvalue weighted by Crippen LogP contribution is 2.39. The molecule has 1 saturated carbocycles. The molecule has 1 heterocycles. The molecule has 0 radical (unpaired) electrons. The van der Waals surface area contributed by atoms with Crippen LogP contribution in [0.25, 0.3) is 0 Å². The number of rotatable bonds is 0. The van der Waals surface area contributed by atoms with E-state index in [-0.39, 0.29) is 17.2 Å². The molecule has 1 fully saturated rings. The van der Waals surface area contributed by atoms with E-state index in [1.165, 1.54) is 0 Å². The van der Waals surface area contributed by atoms with Crippen molar-refractivity contribution in [1.82, 2.24) is 5.32 Å². The molecule has 2 amide bonds. The fraction of sp³-hybridized carbons (Fsp3) is 0.467. The molecule has 1 aromatic carbocycles. The minimum absolute atomic E-state index is 0.0249. The Hall–Kier alpha value is -1.84. The maximum atomic E-state index is 12.3. The Balaban J connectivity index is 2.06. The number of anilines is 1. The lowest BCUT2D eigenvalue weighted by Crippen LogP contribution is -2.43. The summed E-state index contributed by atoms with van der Waals surface area (Å²) in [6.45, 7) is 6.30. The van der Waals surface area contributed by atoms with Crippen LogP contribution >= 0.6 is 0 Å². The van der Waals surface area contributed by atoms with Gasteiger partial charge in [-0.3, -0.25) is 9.59 Å². The van der Waals surface area contributed by atoms with E-state index in [9.17, 15) is 9.59 Å². The molecule has 0 aromatic heterocycles. The molecule has 0 saturated heterocycles. The van der Waals surface area contributed by atoms with Crippen LogP contribution in [0, 0.1) is 0 Å². The number of carbonyl (C=O) groups excluding carboxylic acids is 2. The number of amides is 2. The average Bonchev–Trinajstić information content (AvgIpc) is 3.09. The van der Waals surface area contributed by atoms with Gasteiger partial charge in [0, 0.05) is 0 Å². The normalized spacial score (nSPS) is 20.4. The quantitative estimate of drug-likeness (QED) is 0.749. The van der Waals surface area contributed by atoms with Crippen LogP contribution in [-0.4, -0.2) is 17.4 Å². The molecule has 3 rings (SSSR count). The van der Waals surface area contributed by atoms with Crippen LogP contribution in [0.2, 0.25) is 0 Å². The van der Waals surface area contributed by atoms with Crippen molar-refractivity contribution < 1.29 is 9.59 Å². The lowest BCUT2D eigenvalue weighted by molar-refractivity contribution is -0.118. The van der Waals surface area contributed by atoms with Crippen LogP contribution in [-0.2, 0) is 10.2 Å². The van der Waals surface area contributed by atoms with Crippen LogP contribution in [0.5, 0.6) is 0 Å². The molecular weight excluding hydrogens is 240 g/mol. The standard InChI is InChI=1S/C15H18N2O2/c1-14(2,3)9-4-5-11-10(8-9)12(18)17-15(6-7-15)13(19)16-11/h4-5,8H,6-7H2,1-3H3,(H,16,19)(H,17,18). The van der Waals surface area contributed by atoms with Gasteiger partial charge >= 0.3 is 0 Å². The van der Waals surface area contributed by atoms with Crippen molar-refractivity contribution in [2.45, 2.75) is 44.6 Å². The van der Waals surface area contributed by atoms with Crippen molar-refractivity contribution in [2.24, 2.45) is 0 Å². The zero-order valence-electron chi connectivity index (χ0n) is 11.5. The van der Waals surface area contributed by atoms with Gasteiger partial charge in [0.1, 0.15) is 5.54 Å². The minimum atomic E-state index is -0.655. The minimum Gasteiger partial charge on any atom is -0.338 e. The molecule has 100 valence electrons. The zero-order chi connectivity index (χ0) is 13.8. The second-order valence-electron chi connectivity index (χ2n) is 6.50. The molecular formula is C15H18N2O2. The molecule has 4 nitrogen and oxygen atoms in total. The van der Waals surface area contributed by atoms with Crippen molar-refractivity contribution in [3.8, 4) is 0 Å². The maximum Gasteiger partial charge on any atom is 0.254 e. The van der Waals surface area contributed by atoms with E-state index in [2.05, 4.69) is 31.4 Å². The van der Waals surface area contributed by atoms with E-state index in [4.69, 9.17) is 0 Å². The molecule has 1 aliphatic carbocycles. The number of nitrogens with one attached hydrogen (secondary N) is 2. The summed E-state index contributed by atoms with van der Waals surface area (Å²) >= 11 is 0. The first-order chi connectivity index (χ1) is 8.82. The van der Waals surface area contributed by atoms with Gasteiger partial charge in [0.2, 0.25) is 5.91 Å². The van der Waals surface area contributed by atoms with Gasteiger partial charge in [-0.05, 0) is 36.0 Å². The van der Waals surface area contributed by atoms with Crippen LogP contribution in [0.3, 0.4) is 0 Å². The number of hydrogen-bond acceptors (Lipinski definition) is 2. The molecule has 1 aliphatic heterocycles. The van der Waals surface area contributed by atoms with Crippen molar-refractivity contribution in [3.63, 3.8) is 0 Å². The second-order valence-corrected chi connectivity index (χ2v) is 6.50. The summed E-state index contributed by atoms with van der Waals surface area (Å²) in [6.07, 6.45) is 1.45. The van der Waals surface area contributed by atoms with Crippen LogP contribution in [0.15, 0.2) is 18.2 Å². The van der Waals surface area contributed by atoms with E-state index in [1.807, 2.05) is 18.2 Å². The lowest BCUT2D eigenvalue weighted by Gasteiger charge is -2.20. The summed E-state index contributed by atoms with van der Waals surface area (Å²) in [5, 5.41) is 5.72. The van der Waals surface area contributed by atoms with Gasteiger partial charge in [-0.1, -0.05) is 26.8 Å². The summed E-state index contributed by atoms with van der Waals surface area (Å²) in [5.74, 6) is -0.250. The summed E-state index contributed by atoms with van der Waals surface area (Å²) < 4.78 is 0. The molecule has 4 heteroatoms. The molecule has 19 heavy (non-hydrogen) atoms. The second kappa shape index (κ2) is 3.59. The molecule has 1 spiro atoms. The van der Waals surface area contributed by atoms with Crippen LogP contribution in [0.4, 0.5) is 5.69 Å². The predicted molar refractivity (Wildman–Crippen MR) is 73.2 cm³/mol. The molecule has 2 N–H and O–H groups in total. The average molecular weight is 258 g/mol. The van der Waals surface area contributed by atoms with Gasteiger partial charge in [-0.15, -0.1) is 0 Å². The van der Waals surface area contributed by atoms with Crippen molar-refractivity contribution in [2.75, 3.05) is 5.32 Å². The predicted octanol–water partition coefficient (Wildman–Crippen LogP) is 2.20. The fourth-order valence-electron chi connectivity index (χ4n) is 2.37. The van der Waals surface area contributed by atoms with Crippen molar-refractivity contribution in [1.29, 1.82) is 0 Å². The van der Waals surface area contributed by atoms with Gasteiger partial charge in [-0.2, -0.15) is 0 Å². The number of benzene rings is 1. The SMILES string of the molecule is CC(C)(C)c1ccc2c(c1)C(=O)NC1(CC1)C(=O)N2. The largest absolute Gasteiger partial charge is 0.338 e. The van der Waals surface area contributed by atoms with Gasteiger partial charge < -0.3 is 10.6 Å². The first kappa shape index (κ1) is 12.2. The maximum absolute atomic E-state index is 12.3. The molecule has 0 unspecified atom stereocenters. The smallest absolute Gasteiger partial charge is 0.254 e. The van der Waals surface area contributed by atoms with Gasteiger partial charge in [0.25, 0.3) is 5.91 Å². The summed E-state index contributed by atoms with van der Waals surface area (Å²) in [7, 11) is 0. The zero-order valence-corrected chi connectivity index (χ0v) is 11.5. The third-order valence-electron chi connectivity index (χ3n) is 3.92. The van der Waals surface area contributed by atoms with Crippen LogP contribution in [0.1, 0.15) is 49.5 Å². The molecule has 0 atom stereocenters. The Morgan fingerprint density at radius 1 is 1.16 bits per heavy atom. The topological polar surface area (TPSA) is 58.2 Å². The van der Waals surface area contributed by atoms with Gasteiger partial charge in [0.15, 0.2) is 0 Å². The highest BCUT2D eigenvalue weighted by molar-refractivity contribution is 6.12. The first-order valence-electron chi connectivity index (χ1n) is 6.60. The number of fused-ring (bicyclic) bond motifs is 1. The van der Waals surface area contributed by atoms with Crippen molar-refractivity contribution in [3.05, 3.63) is 29.3 Å². The summed E-state index contributed by atoms with van der Waals surface area (Å²) in [6, 6.07) is 5.68. The van der Waals surface area contributed by atoms with Crippen LogP contribution < -0.4 is 10.6 Å². The Morgan fingerprint density at radius 2 is 1.84 bits per heavy atom. The Labute approximate surface area is 112 Å². The summed E-state index contributed by atoms with van der Waals surface area (Å²) in [5.41, 5.74) is 1.58. The Kier molecular flexibility index (Phi) is 2.31. The van der Waals surface area contributed by atoms with Gasteiger partial charge in [-0.25, -0.2) is 0 Å². The molecule has 1 aromatic rings. The molecule has 0 bridgehead atoms. The highest BCUT2D eigenvalue weighted by Gasteiger charge is 2.52. The summed E-state index contributed by atoms with van der Waals surface area (Å²) in [4.78, 5) is 24.3. The monoisotopic (exact) mass is 258 g/mol. The van der Waals surface area contributed by atoms with E-state index in [0.29, 0.717) is 11.3 Å². The van der Waals surface area contributed by atoms with E-state index in [1.54, 1.807) is 0 Å². The Morgan fingerprint density at radius 3 is 2.42 bits per heavy atom. The molecule has 2 aliphatic rings. The Bertz CT molecular complexity index is 580. The fourth-order valence-corrected chi connectivity index (χ4v) is 2.37. The van der Waals surface area contributed by atoms with Gasteiger partial charge in [0.05, 0.1) is 11.3 Å². The lowest BCUT2D eigenvalue weighted by atomic mass is 9.86. The van der Waals surface area contributed by atoms with Crippen molar-refractivity contribution >= 4 is 17.5 Å². The third kappa shape index (κ3) is 1.91. The first-order valence-corrected chi connectivity index (χ1v) is 6.60. The van der Waals surface area contributed by atoms with E-state index >= 15 is 0 Å². The number of hydrogen-bond donors (Lipinski definition) is 2. The number of carbonyl (C=O) groups is 2. The highest BCUT2D eigenvalue weighted by atomic mass is 16.2. The third-order valence-corrected chi connectivity index (χ3v) is 3.92. The van der Waals surface area contributed by atoms with E-state index < -0.39 is 5.54 Å².